The van der Waals surface area contributed by atoms with E-state index in [2.05, 4.69) is 29.2 Å². The highest BCUT2D eigenvalue weighted by molar-refractivity contribution is 6.31. The highest BCUT2D eigenvalue weighted by Gasteiger charge is 2.28. The number of hydrogen-bond donors (Lipinski definition) is 1. The Hall–Kier alpha value is -2.15. The lowest BCUT2D eigenvalue weighted by Gasteiger charge is -2.40. The molecule has 1 aromatic carbocycles. The summed E-state index contributed by atoms with van der Waals surface area (Å²) in [5, 5.41) is 8.38. The van der Waals surface area contributed by atoms with Gasteiger partial charge in [0.2, 0.25) is 5.91 Å². The van der Waals surface area contributed by atoms with Crippen molar-refractivity contribution in [1.82, 2.24) is 20.0 Å². The Morgan fingerprint density at radius 1 is 1.27 bits per heavy atom. The van der Waals surface area contributed by atoms with Gasteiger partial charge in [-0.2, -0.15) is 5.10 Å². The Kier molecular flexibility index (Phi) is 7.34. The zero-order chi connectivity index (χ0) is 21.7. The molecule has 0 unspecified atom stereocenters. The van der Waals surface area contributed by atoms with Gasteiger partial charge in [-0.1, -0.05) is 29.8 Å². The van der Waals surface area contributed by atoms with E-state index in [1.165, 1.54) is 0 Å². The average molecular weight is 431 g/mol. The molecule has 2 heterocycles. The predicted octanol–water partition coefficient (Wildman–Crippen LogP) is 3.44. The average Bonchev–Trinajstić information content (AvgIpc) is 3.00. The van der Waals surface area contributed by atoms with E-state index in [0.717, 1.165) is 53.8 Å². The second kappa shape index (κ2) is 9.77. The molecule has 1 saturated heterocycles. The van der Waals surface area contributed by atoms with Gasteiger partial charge in [-0.3, -0.25) is 14.4 Å². The molecule has 2 aromatic rings. The van der Waals surface area contributed by atoms with Crippen LogP contribution >= 0.6 is 11.6 Å². The molecule has 0 bridgehead atoms. The van der Waals surface area contributed by atoms with Crippen LogP contribution in [0.3, 0.4) is 0 Å². The summed E-state index contributed by atoms with van der Waals surface area (Å²) < 4.78 is 7.35. The minimum absolute atomic E-state index is 0.103. The van der Waals surface area contributed by atoms with E-state index in [4.69, 9.17) is 16.3 Å². The number of morpholine rings is 1. The lowest BCUT2D eigenvalue weighted by molar-refractivity contribution is -0.117. The lowest BCUT2D eigenvalue weighted by atomic mass is 10.0. The fourth-order valence-corrected chi connectivity index (χ4v) is 3.89. The Balaban J connectivity index is 1.62. The normalized spacial score (nSPS) is 15.6. The number of carbonyl (C=O) groups excluding carboxylic acids is 1. The predicted molar refractivity (Wildman–Crippen MR) is 121 cm³/mol. The van der Waals surface area contributed by atoms with Crippen molar-refractivity contribution in [2.75, 3.05) is 32.8 Å². The number of aromatic nitrogens is 2. The highest BCUT2D eigenvalue weighted by atomic mass is 35.5. The van der Waals surface area contributed by atoms with E-state index in [1.807, 2.05) is 48.9 Å². The largest absolute Gasteiger partial charge is 0.379 e. The molecule has 30 heavy (non-hydrogen) atoms. The molecule has 0 atom stereocenters. The van der Waals surface area contributed by atoms with Crippen LogP contribution in [-0.2, 0) is 16.1 Å². The van der Waals surface area contributed by atoms with Crippen molar-refractivity contribution in [2.24, 2.45) is 0 Å². The van der Waals surface area contributed by atoms with Crippen molar-refractivity contribution in [2.45, 2.75) is 39.8 Å². The number of aryl methyl sites for hydroxylation is 1. The number of carbonyl (C=O) groups is 1. The number of nitrogens with one attached hydrogen (secondary N) is 1. The van der Waals surface area contributed by atoms with Gasteiger partial charge in [0.1, 0.15) is 0 Å². The summed E-state index contributed by atoms with van der Waals surface area (Å²) in [7, 11) is 0. The Bertz CT molecular complexity index is 914. The van der Waals surface area contributed by atoms with Gasteiger partial charge in [0.25, 0.3) is 0 Å². The maximum Gasteiger partial charge on any atom is 0.244 e. The van der Waals surface area contributed by atoms with Crippen molar-refractivity contribution < 1.29 is 9.53 Å². The van der Waals surface area contributed by atoms with E-state index in [0.29, 0.717) is 13.1 Å². The van der Waals surface area contributed by atoms with Gasteiger partial charge < -0.3 is 10.1 Å². The van der Waals surface area contributed by atoms with Crippen molar-refractivity contribution in [1.29, 1.82) is 0 Å². The number of rotatable bonds is 7. The molecular formula is C23H31ClN4O2. The molecule has 1 aliphatic heterocycles. The van der Waals surface area contributed by atoms with Crippen LogP contribution in [-0.4, -0.2) is 59.0 Å². The zero-order valence-electron chi connectivity index (χ0n) is 18.2. The minimum atomic E-state index is -0.112. The van der Waals surface area contributed by atoms with Gasteiger partial charge in [0, 0.05) is 47.5 Å². The van der Waals surface area contributed by atoms with Gasteiger partial charge in [0.15, 0.2) is 0 Å². The Morgan fingerprint density at radius 2 is 1.97 bits per heavy atom. The molecule has 0 saturated carbocycles. The van der Waals surface area contributed by atoms with E-state index in [-0.39, 0.29) is 11.4 Å². The molecule has 1 N–H and O–H groups in total. The van der Waals surface area contributed by atoms with Crippen LogP contribution in [0, 0.1) is 13.8 Å². The van der Waals surface area contributed by atoms with Crippen LogP contribution in [0.1, 0.15) is 36.4 Å². The number of ether oxygens (including phenoxy) is 1. The summed E-state index contributed by atoms with van der Waals surface area (Å²) >= 11 is 6.29. The maximum atomic E-state index is 12.4. The van der Waals surface area contributed by atoms with Crippen LogP contribution in [0.2, 0.25) is 5.02 Å². The maximum absolute atomic E-state index is 12.4. The van der Waals surface area contributed by atoms with Crippen molar-refractivity contribution in [3.63, 3.8) is 0 Å². The molecule has 0 radical (unpaired) electrons. The summed E-state index contributed by atoms with van der Waals surface area (Å²) in [5.41, 5.74) is 3.76. The van der Waals surface area contributed by atoms with Gasteiger partial charge in [0.05, 0.1) is 25.5 Å². The van der Waals surface area contributed by atoms with E-state index >= 15 is 0 Å². The zero-order valence-corrected chi connectivity index (χ0v) is 19.0. The van der Waals surface area contributed by atoms with Crippen LogP contribution in [0.4, 0.5) is 0 Å². The molecule has 0 aliphatic carbocycles. The second-order valence-electron chi connectivity index (χ2n) is 8.30. The second-order valence-corrected chi connectivity index (χ2v) is 8.70. The Labute approximate surface area is 183 Å². The summed E-state index contributed by atoms with van der Waals surface area (Å²) in [6.07, 6.45) is 3.43. The van der Waals surface area contributed by atoms with Crippen LogP contribution in [0.25, 0.3) is 6.08 Å². The number of hydrogen-bond acceptors (Lipinski definition) is 4. The van der Waals surface area contributed by atoms with Crippen LogP contribution < -0.4 is 5.32 Å². The number of nitrogens with zero attached hydrogens (tertiary/aromatic N) is 3. The summed E-state index contributed by atoms with van der Waals surface area (Å²) in [6, 6.07) is 7.76. The SMILES string of the molecule is Cc1nn(Cc2ccccc2Cl)c(C)c1/C=C/C(=O)NCC(C)(C)N1CCOCC1. The number of benzene rings is 1. The molecule has 7 heteroatoms. The van der Waals surface area contributed by atoms with E-state index < -0.39 is 0 Å². The lowest BCUT2D eigenvalue weighted by Crippen LogP contribution is -2.55. The summed E-state index contributed by atoms with van der Waals surface area (Å²) in [4.78, 5) is 14.8. The van der Waals surface area contributed by atoms with E-state index in [9.17, 15) is 4.79 Å². The number of halogens is 1. The molecule has 1 fully saturated rings. The third-order valence-corrected chi connectivity index (χ3v) is 6.05. The first-order chi connectivity index (χ1) is 14.3. The Morgan fingerprint density at radius 3 is 2.67 bits per heavy atom. The van der Waals surface area contributed by atoms with Crippen LogP contribution in [0.5, 0.6) is 0 Å². The van der Waals surface area contributed by atoms with Crippen molar-refractivity contribution in [3.05, 3.63) is 57.9 Å². The van der Waals surface area contributed by atoms with Crippen molar-refractivity contribution in [3.8, 4) is 0 Å². The van der Waals surface area contributed by atoms with Gasteiger partial charge in [-0.05, 0) is 45.4 Å². The summed E-state index contributed by atoms with van der Waals surface area (Å²) in [6.45, 7) is 12.7. The quantitative estimate of drug-likeness (QED) is 0.683. The topological polar surface area (TPSA) is 59.4 Å². The first-order valence-corrected chi connectivity index (χ1v) is 10.7. The van der Waals surface area contributed by atoms with Gasteiger partial charge in [-0.15, -0.1) is 0 Å². The monoisotopic (exact) mass is 430 g/mol. The first-order valence-electron chi connectivity index (χ1n) is 10.3. The van der Waals surface area contributed by atoms with Gasteiger partial charge in [-0.25, -0.2) is 0 Å². The molecule has 6 nitrogen and oxygen atoms in total. The third kappa shape index (κ3) is 5.50. The molecule has 1 aliphatic rings. The highest BCUT2D eigenvalue weighted by Crippen LogP contribution is 2.20. The first kappa shape index (κ1) is 22.5. The van der Waals surface area contributed by atoms with Crippen LogP contribution in [0.15, 0.2) is 30.3 Å². The minimum Gasteiger partial charge on any atom is -0.379 e. The standard InChI is InChI=1S/C23H31ClN4O2/c1-17-20(18(2)28(26-17)15-19-7-5-6-8-21(19)24)9-10-22(29)25-16-23(3,4)27-11-13-30-14-12-27/h5-10H,11-16H2,1-4H3,(H,25,29)/b10-9+. The summed E-state index contributed by atoms with van der Waals surface area (Å²) in [5.74, 6) is -0.103. The molecule has 1 amide bonds. The molecule has 162 valence electrons. The number of amides is 1. The molecule has 1 aromatic heterocycles. The van der Waals surface area contributed by atoms with E-state index in [1.54, 1.807) is 6.08 Å². The smallest absolute Gasteiger partial charge is 0.244 e. The fraction of sp³-hybridized carbons (Fsp3) is 0.478. The molecule has 3 rings (SSSR count). The molecular weight excluding hydrogens is 400 g/mol. The van der Waals surface area contributed by atoms with Crippen molar-refractivity contribution >= 4 is 23.6 Å². The van der Waals surface area contributed by atoms with Gasteiger partial charge >= 0.3 is 0 Å². The molecule has 0 spiro atoms. The third-order valence-electron chi connectivity index (χ3n) is 5.68. The fourth-order valence-electron chi connectivity index (χ4n) is 3.70.